The highest BCUT2D eigenvalue weighted by Crippen LogP contribution is 2.38. The van der Waals surface area contributed by atoms with Crippen molar-refractivity contribution in [1.82, 2.24) is 4.90 Å². The van der Waals surface area contributed by atoms with Crippen LogP contribution in [0.3, 0.4) is 0 Å². The van der Waals surface area contributed by atoms with E-state index in [9.17, 15) is 23.5 Å². The molecule has 0 aromatic heterocycles. The number of carboxylic acids is 1. The Hall–Kier alpha value is -3.16. The van der Waals surface area contributed by atoms with Crippen molar-refractivity contribution < 1.29 is 28.2 Å². The normalized spacial score (nSPS) is 16.4. The van der Waals surface area contributed by atoms with Gasteiger partial charge in [0.25, 0.3) is 0 Å². The van der Waals surface area contributed by atoms with Gasteiger partial charge >= 0.3 is 5.97 Å². The first-order chi connectivity index (χ1) is 17.0. The molecule has 3 aromatic rings. The molecule has 1 N–H and O–H groups in total. The summed E-state index contributed by atoms with van der Waals surface area (Å²) in [5, 5.41) is 9.47. The van der Waals surface area contributed by atoms with Crippen molar-refractivity contribution in [3.63, 3.8) is 0 Å². The Bertz CT molecular complexity index is 1330. The molecule has 1 amide bonds. The van der Waals surface area contributed by atoms with E-state index < -0.39 is 35.7 Å². The third kappa shape index (κ3) is 6.15. The van der Waals surface area contributed by atoms with E-state index in [4.69, 9.17) is 27.9 Å². The summed E-state index contributed by atoms with van der Waals surface area (Å²) in [5.41, 5.74) is 2.21. The number of ether oxygens (including phenoxy) is 1. The van der Waals surface area contributed by atoms with Crippen molar-refractivity contribution in [3.8, 4) is 5.75 Å². The van der Waals surface area contributed by atoms with E-state index in [2.05, 4.69) is 0 Å². The fraction of sp³-hybridized carbons (Fsp3) is 0.259. The molecule has 188 valence electrons. The average molecular weight is 534 g/mol. The highest BCUT2D eigenvalue weighted by Gasteiger charge is 2.35. The summed E-state index contributed by atoms with van der Waals surface area (Å²) in [6, 6.07) is 13.8. The van der Waals surface area contributed by atoms with Gasteiger partial charge in [-0.15, -0.1) is 0 Å². The van der Waals surface area contributed by atoms with Gasteiger partial charge in [-0.05, 0) is 59.5 Å². The maximum atomic E-state index is 13.9. The van der Waals surface area contributed by atoms with Crippen LogP contribution in [0.1, 0.15) is 29.2 Å². The second-order valence-corrected chi connectivity index (χ2v) is 9.97. The Morgan fingerprint density at radius 2 is 1.78 bits per heavy atom. The minimum atomic E-state index is -1.17. The lowest BCUT2D eigenvalue weighted by Crippen LogP contribution is -2.36. The maximum absolute atomic E-state index is 13.9. The van der Waals surface area contributed by atoms with Crippen LogP contribution in [0.25, 0.3) is 0 Å². The summed E-state index contributed by atoms with van der Waals surface area (Å²) < 4.78 is 33.4. The number of carbonyl (C=O) groups excluding carboxylic acids is 1. The van der Waals surface area contributed by atoms with E-state index in [0.717, 1.165) is 17.2 Å². The zero-order chi connectivity index (χ0) is 26.0. The van der Waals surface area contributed by atoms with E-state index in [-0.39, 0.29) is 23.0 Å². The van der Waals surface area contributed by atoms with Crippen molar-refractivity contribution in [3.05, 3.63) is 98.5 Å². The summed E-state index contributed by atoms with van der Waals surface area (Å²) in [7, 11) is 0. The number of benzene rings is 3. The minimum absolute atomic E-state index is 0.0293. The van der Waals surface area contributed by atoms with Gasteiger partial charge in [0, 0.05) is 24.4 Å². The Morgan fingerprint density at radius 1 is 1.03 bits per heavy atom. The molecule has 0 radical (unpaired) electrons. The van der Waals surface area contributed by atoms with Crippen LogP contribution in [0, 0.1) is 11.6 Å². The second-order valence-electron chi connectivity index (χ2n) is 9.15. The Kier molecular flexibility index (Phi) is 7.52. The number of halogens is 4. The van der Waals surface area contributed by atoms with Gasteiger partial charge in [-0.3, -0.25) is 9.59 Å². The van der Waals surface area contributed by atoms with Crippen LogP contribution in [-0.4, -0.2) is 34.0 Å². The highest BCUT2D eigenvalue weighted by molar-refractivity contribution is 6.31. The topological polar surface area (TPSA) is 66.8 Å². The molecule has 0 aliphatic carbocycles. The molecule has 36 heavy (non-hydrogen) atoms. The SMILES string of the molecule is C[C@@]1(Cc2ccc(Cl)c(F)c2)Cc2cc(CC(=O)N(CC(=O)O)Cc3ccc(F)cc3Cl)ccc2O1. The second kappa shape index (κ2) is 10.4. The van der Waals surface area contributed by atoms with Crippen LogP contribution < -0.4 is 4.74 Å². The smallest absolute Gasteiger partial charge is 0.323 e. The van der Waals surface area contributed by atoms with Gasteiger partial charge in [-0.1, -0.05) is 47.5 Å². The number of aliphatic carboxylic acids is 1. The van der Waals surface area contributed by atoms with E-state index in [1.807, 2.05) is 13.0 Å². The molecule has 0 fully saturated rings. The van der Waals surface area contributed by atoms with Crippen LogP contribution in [-0.2, 0) is 35.4 Å². The number of carboxylic acid groups (broad SMARTS) is 1. The molecular weight excluding hydrogens is 511 g/mol. The summed E-state index contributed by atoms with van der Waals surface area (Å²) in [6.45, 7) is 1.36. The number of rotatable bonds is 8. The van der Waals surface area contributed by atoms with Crippen LogP contribution in [0.2, 0.25) is 10.0 Å². The lowest BCUT2D eigenvalue weighted by molar-refractivity contribution is -0.144. The quantitative estimate of drug-likeness (QED) is 0.393. The van der Waals surface area contributed by atoms with Crippen LogP contribution in [0.15, 0.2) is 54.6 Å². The number of carbonyl (C=O) groups is 2. The van der Waals surface area contributed by atoms with Crippen molar-refractivity contribution in [2.24, 2.45) is 0 Å². The van der Waals surface area contributed by atoms with Crippen molar-refractivity contribution in [1.29, 1.82) is 0 Å². The van der Waals surface area contributed by atoms with Gasteiger partial charge in [0.05, 0.1) is 11.4 Å². The zero-order valence-electron chi connectivity index (χ0n) is 19.4. The molecule has 1 heterocycles. The molecule has 0 bridgehead atoms. The molecule has 3 aromatic carbocycles. The Morgan fingerprint density at radius 3 is 2.47 bits per heavy atom. The van der Waals surface area contributed by atoms with Crippen LogP contribution >= 0.6 is 23.2 Å². The molecule has 9 heteroatoms. The molecule has 0 spiro atoms. The Labute approximate surface area is 217 Å². The first kappa shape index (κ1) is 25.9. The van der Waals surface area contributed by atoms with Gasteiger partial charge < -0.3 is 14.7 Å². The van der Waals surface area contributed by atoms with Gasteiger partial charge in [-0.2, -0.15) is 0 Å². The van der Waals surface area contributed by atoms with Crippen molar-refractivity contribution in [2.75, 3.05) is 6.54 Å². The maximum Gasteiger partial charge on any atom is 0.323 e. The van der Waals surface area contributed by atoms with E-state index in [1.165, 1.54) is 29.2 Å². The number of hydrogen-bond donors (Lipinski definition) is 1. The third-order valence-corrected chi connectivity index (χ3v) is 6.68. The van der Waals surface area contributed by atoms with E-state index >= 15 is 0 Å². The fourth-order valence-electron chi connectivity index (χ4n) is 4.40. The highest BCUT2D eigenvalue weighted by atomic mass is 35.5. The number of nitrogens with zero attached hydrogens (tertiary/aromatic N) is 1. The van der Waals surface area contributed by atoms with Crippen molar-refractivity contribution >= 4 is 35.1 Å². The standard InChI is InChI=1S/C27H23Cl2F2NO4/c1-27(12-17-2-6-21(28)23(31)9-17)13-19-8-16(3-7-24(19)36-27)10-25(33)32(15-26(34)35)14-18-4-5-20(30)11-22(18)29/h2-9,11H,10,12-15H2,1H3,(H,34,35)/t27-/m1/s1. The zero-order valence-corrected chi connectivity index (χ0v) is 20.9. The summed E-state index contributed by atoms with van der Waals surface area (Å²) in [6.07, 6.45) is 0.992. The predicted molar refractivity (Wildman–Crippen MR) is 132 cm³/mol. The van der Waals surface area contributed by atoms with Gasteiger partial charge in [-0.25, -0.2) is 8.78 Å². The minimum Gasteiger partial charge on any atom is -0.487 e. The largest absolute Gasteiger partial charge is 0.487 e. The molecule has 1 atom stereocenters. The Balaban J connectivity index is 1.47. The van der Waals surface area contributed by atoms with Gasteiger partial charge in [0.15, 0.2) is 0 Å². The lowest BCUT2D eigenvalue weighted by atomic mass is 9.91. The molecule has 5 nitrogen and oxygen atoms in total. The number of amides is 1. The third-order valence-electron chi connectivity index (χ3n) is 6.02. The van der Waals surface area contributed by atoms with Gasteiger partial charge in [0.1, 0.15) is 29.5 Å². The van der Waals surface area contributed by atoms with Crippen LogP contribution in [0.5, 0.6) is 5.75 Å². The molecule has 0 saturated carbocycles. The van der Waals surface area contributed by atoms with Crippen LogP contribution in [0.4, 0.5) is 8.78 Å². The monoisotopic (exact) mass is 533 g/mol. The first-order valence-electron chi connectivity index (χ1n) is 11.2. The van der Waals surface area contributed by atoms with E-state index in [1.54, 1.807) is 18.2 Å². The number of hydrogen-bond acceptors (Lipinski definition) is 3. The molecular formula is C27H23Cl2F2NO4. The molecule has 4 rings (SSSR count). The van der Waals surface area contributed by atoms with E-state index in [0.29, 0.717) is 29.7 Å². The molecule has 0 unspecified atom stereocenters. The summed E-state index contributed by atoms with van der Waals surface area (Å²) in [4.78, 5) is 25.6. The van der Waals surface area contributed by atoms with Crippen molar-refractivity contribution in [2.45, 2.75) is 38.3 Å². The average Bonchev–Trinajstić information content (AvgIpc) is 3.12. The summed E-state index contributed by atoms with van der Waals surface area (Å²) in [5.74, 6) is -1.90. The lowest BCUT2D eigenvalue weighted by Gasteiger charge is -2.24. The van der Waals surface area contributed by atoms with Gasteiger partial charge in [0.2, 0.25) is 5.91 Å². The summed E-state index contributed by atoms with van der Waals surface area (Å²) >= 11 is 11.9. The fourth-order valence-corrected chi connectivity index (χ4v) is 4.75. The predicted octanol–water partition coefficient (Wildman–Crippen LogP) is 5.86. The molecule has 1 aliphatic heterocycles. The first-order valence-corrected chi connectivity index (χ1v) is 12.0. The molecule has 1 aliphatic rings. The number of fused-ring (bicyclic) bond motifs is 1. The molecule has 0 saturated heterocycles.